The van der Waals surface area contributed by atoms with E-state index in [-0.39, 0.29) is 12.1 Å². The molecule has 0 aromatic heterocycles. The summed E-state index contributed by atoms with van der Waals surface area (Å²) in [6.07, 6.45) is 0.467. The fourth-order valence-electron chi connectivity index (χ4n) is 1.94. The lowest BCUT2D eigenvalue weighted by atomic mass is 10.0. The van der Waals surface area contributed by atoms with E-state index < -0.39 is 0 Å². The van der Waals surface area contributed by atoms with Crippen LogP contribution in [0.2, 0.25) is 0 Å². The Morgan fingerprint density at radius 2 is 2.00 bits per heavy atom. The van der Waals surface area contributed by atoms with Crippen LogP contribution in [-0.2, 0) is 4.74 Å². The summed E-state index contributed by atoms with van der Waals surface area (Å²) in [5.74, 6) is 0.326. The average Bonchev–Trinajstić information content (AvgIpc) is 2.71. The molecule has 17 heavy (non-hydrogen) atoms. The predicted molar refractivity (Wildman–Crippen MR) is 64.3 cm³/mol. The third-order valence-electron chi connectivity index (χ3n) is 2.98. The third kappa shape index (κ3) is 2.16. The van der Waals surface area contributed by atoms with Crippen molar-refractivity contribution in [1.29, 1.82) is 0 Å². The molecule has 0 N–H and O–H groups in total. The molecule has 1 heterocycles. The van der Waals surface area contributed by atoms with Crippen molar-refractivity contribution < 1.29 is 14.3 Å². The standard InChI is InChI=1S/C13H15NO3/c1-9(2)12-8-17-13(16)14(12)11-5-3-10(7-15)4-6-11/h3-7,9,12H,8H2,1-2H3. The van der Waals surface area contributed by atoms with Crippen LogP contribution in [0.15, 0.2) is 24.3 Å². The molecule has 0 bridgehead atoms. The highest BCUT2D eigenvalue weighted by Gasteiger charge is 2.35. The van der Waals surface area contributed by atoms with Gasteiger partial charge in [-0.25, -0.2) is 4.79 Å². The molecule has 1 aliphatic rings. The van der Waals surface area contributed by atoms with E-state index >= 15 is 0 Å². The van der Waals surface area contributed by atoms with Crippen LogP contribution in [0.1, 0.15) is 24.2 Å². The lowest BCUT2D eigenvalue weighted by Crippen LogP contribution is -2.37. The molecule has 0 radical (unpaired) electrons. The quantitative estimate of drug-likeness (QED) is 0.753. The van der Waals surface area contributed by atoms with Gasteiger partial charge in [0.05, 0.1) is 6.04 Å². The normalized spacial score (nSPS) is 19.6. The first-order valence-electron chi connectivity index (χ1n) is 5.64. The number of ether oxygens (including phenoxy) is 1. The summed E-state index contributed by atoms with van der Waals surface area (Å²) in [5.41, 5.74) is 1.37. The van der Waals surface area contributed by atoms with Crippen molar-refractivity contribution in [2.45, 2.75) is 19.9 Å². The van der Waals surface area contributed by atoms with Crippen molar-refractivity contribution >= 4 is 18.1 Å². The number of amides is 1. The Morgan fingerprint density at radius 3 is 2.53 bits per heavy atom. The summed E-state index contributed by atoms with van der Waals surface area (Å²) in [7, 11) is 0. The Kier molecular flexibility index (Phi) is 3.13. The van der Waals surface area contributed by atoms with Gasteiger partial charge in [0.25, 0.3) is 0 Å². The summed E-state index contributed by atoms with van der Waals surface area (Å²) in [6, 6.07) is 7.00. The number of benzene rings is 1. The topological polar surface area (TPSA) is 46.6 Å². The second-order valence-electron chi connectivity index (χ2n) is 4.47. The minimum Gasteiger partial charge on any atom is -0.447 e. The number of cyclic esters (lactones) is 1. The zero-order valence-electron chi connectivity index (χ0n) is 9.92. The zero-order valence-corrected chi connectivity index (χ0v) is 9.92. The van der Waals surface area contributed by atoms with Gasteiger partial charge in [-0.3, -0.25) is 9.69 Å². The maximum absolute atomic E-state index is 11.7. The van der Waals surface area contributed by atoms with Gasteiger partial charge in [-0.1, -0.05) is 13.8 Å². The van der Waals surface area contributed by atoms with Crippen molar-refractivity contribution in [1.82, 2.24) is 0 Å². The Morgan fingerprint density at radius 1 is 1.35 bits per heavy atom. The van der Waals surface area contributed by atoms with E-state index in [1.807, 2.05) is 0 Å². The lowest BCUT2D eigenvalue weighted by Gasteiger charge is -2.24. The number of carbonyl (C=O) groups excluding carboxylic acids is 2. The SMILES string of the molecule is CC(C)C1COC(=O)N1c1ccc(C=O)cc1. The Balaban J connectivity index is 2.29. The van der Waals surface area contributed by atoms with Gasteiger partial charge in [-0.15, -0.1) is 0 Å². The summed E-state index contributed by atoms with van der Waals surface area (Å²) in [4.78, 5) is 23.9. The van der Waals surface area contributed by atoms with Crippen LogP contribution in [0.3, 0.4) is 0 Å². The Bertz CT molecular complexity index is 425. The smallest absolute Gasteiger partial charge is 0.414 e. The molecule has 90 valence electrons. The van der Waals surface area contributed by atoms with E-state index in [0.717, 1.165) is 12.0 Å². The van der Waals surface area contributed by atoms with Gasteiger partial charge in [0.15, 0.2) is 0 Å². The highest BCUT2D eigenvalue weighted by atomic mass is 16.6. The minimum absolute atomic E-state index is 0.0598. The molecular formula is C13H15NO3. The van der Waals surface area contributed by atoms with E-state index in [2.05, 4.69) is 13.8 Å². The van der Waals surface area contributed by atoms with E-state index in [9.17, 15) is 9.59 Å². The number of nitrogens with zero attached hydrogens (tertiary/aromatic N) is 1. The molecule has 1 amide bonds. The summed E-state index contributed by atoms with van der Waals surface area (Å²) >= 11 is 0. The Hall–Kier alpha value is -1.84. The van der Waals surface area contributed by atoms with Crippen molar-refractivity contribution in [3.8, 4) is 0 Å². The van der Waals surface area contributed by atoms with Crippen LogP contribution in [0.5, 0.6) is 0 Å². The van der Waals surface area contributed by atoms with Crippen LogP contribution < -0.4 is 4.90 Å². The van der Waals surface area contributed by atoms with Crippen molar-refractivity contribution in [2.75, 3.05) is 11.5 Å². The first-order valence-corrected chi connectivity index (χ1v) is 5.64. The first kappa shape index (κ1) is 11.6. The van der Waals surface area contributed by atoms with Gasteiger partial charge in [-0.05, 0) is 30.2 Å². The molecule has 4 nitrogen and oxygen atoms in total. The molecule has 0 aliphatic carbocycles. The van der Waals surface area contributed by atoms with E-state index in [4.69, 9.17) is 4.74 Å². The van der Waals surface area contributed by atoms with E-state index in [1.54, 1.807) is 29.2 Å². The van der Waals surface area contributed by atoms with Crippen LogP contribution >= 0.6 is 0 Å². The molecule has 4 heteroatoms. The number of hydrogen-bond donors (Lipinski definition) is 0. The highest BCUT2D eigenvalue weighted by molar-refractivity contribution is 5.90. The molecular weight excluding hydrogens is 218 g/mol. The van der Waals surface area contributed by atoms with Crippen molar-refractivity contribution in [3.05, 3.63) is 29.8 Å². The number of carbonyl (C=O) groups is 2. The molecule has 1 unspecified atom stereocenters. The summed E-state index contributed by atoms with van der Waals surface area (Å²) in [6.45, 7) is 4.53. The van der Waals surface area contributed by atoms with Crippen LogP contribution in [0.4, 0.5) is 10.5 Å². The van der Waals surface area contributed by atoms with Gasteiger partial charge >= 0.3 is 6.09 Å². The van der Waals surface area contributed by atoms with Crippen molar-refractivity contribution in [2.24, 2.45) is 5.92 Å². The molecule has 1 atom stereocenters. The monoisotopic (exact) mass is 233 g/mol. The number of hydrogen-bond acceptors (Lipinski definition) is 3. The summed E-state index contributed by atoms with van der Waals surface area (Å²) in [5, 5.41) is 0. The van der Waals surface area contributed by atoms with Gasteiger partial charge < -0.3 is 4.74 Å². The maximum Gasteiger partial charge on any atom is 0.414 e. The van der Waals surface area contributed by atoms with Gasteiger partial charge in [0, 0.05) is 11.3 Å². The predicted octanol–water partition coefficient (Wildman–Crippen LogP) is 2.48. The fourth-order valence-corrected chi connectivity index (χ4v) is 1.94. The first-order chi connectivity index (χ1) is 8.13. The Labute approximate surface area is 100 Å². The van der Waals surface area contributed by atoms with Gasteiger partial charge in [0.2, 0.25) is 0 Å². The van der Waals surface area contributed by atoms with Crippen LogP contribution in [-0.4, -0.2) is 25.0 Å². The van der Waals surface area contributed by atoms with Crippen molar-refractivity contribution in [3.63, 3.8) is 0 Å². The molecule has 0 saturated carbocycles. The molecule has 1 aromatic rings. The highest BCUT2D eigenvalue weighted by Crippen LogP contribution is 2.26. The summed E-state index contributed by atoms with van der Waals surface area (Å²) < 4.78 is 5.07. The maximum atomic E-state index is 11.7. The van der Waals surface area contributed by atoms with Crippen LogP contribution in [0.25, 0.3) is 0 Å². The lowest BCUT2D eigenvalue weighted by molar-refractivity contribution is 0.112. The molecule has 0 spiro atoms. The molecule has 1 aromatic carbocycles. The fraction of sp³-hybridized carbons (Fsp3) is 0.385. The molecule has 1 aliphatic heterocycles. The third-order valence-corrected chi connectivity index (χ3v) is 2.98. The molecule has 2 rings (SSSR count). The average molecular weight is 233 g/mol. The zero-order chi connectivity index (χ0) is 12.4. The second kappa shape index (κ2) is 4.57. The number of rotatable bonds is 3. The van der Waals surface area contributed by atoms with Gasteiger partial charge in [0.1, 0.15) is 12.9 Å². The number of aldehydes is 1. The second-order valence-corrected chi connectivity index (χ2v) is 4.47. The largest absolute Gasteiger partial charge is 0.447 e. The van der Waals surface area contributed by atoms with E-state index in [0.29, 0.717) is 18.1 Å². The molecule has 1 fully saturated rings. The van der Waals surface area contributed by atoms with Gasteiger partial charge in [-0.2, -0.15) is 0 Å². The van der Waals surface area contributed by atoms with E-state index in [1.165, 1.54) is 0 Å². The van der Waals surface area contributed by atoms with Crippen LogP contribution in [0, 0.1) is 5.92 Å². The number of anilines is 1. The minimum atomic E-state index is -0.317. The molecule has 1 saturated heterocycles.